The number of non-ortho nitro benzene ring substituents is 1. The molecule has 0 radical (unpaired) electrons. The molecule has 2 aromatic carbocycles. The summed E-state index contributed by atoms with van der Waals surface area (Å²) < 4.78 is 0. The van der Waals surface area contributed by atoms with E-state index in [1.54, 1.807) is 23.5 Å². The van der Waals surface area contributed by atoms with Crippen molar-refractivity contribution in [1.82, 2.24) is 4.98 Å². The van der Waals surface area contributed by atoms with Crippen molar-refractivity contribution in [2.24, 2.45) is 0 Å². The molecule has 4 nitrogen and oxygen atoms in total. The van der Waals surface area contributed by atoms with Crippen LogP contribution in [0.1, 0.15) is 0 Å². The molecule has 20 heavy (non-hydrogen) atoms. The van der Waals surface area contributed by atoms with Crippen LogP contribution in [0, 0.1) is 10.1 Å². The Morgan fingerprint density at radius 3 is 2.30 bits per heavy atom. The van der Waals surface area contributed by atoms with Gasteiger partial charge in [0.1, 0.15) is 5.01 Å². The molecule has 0 N–H and O–H groups in total. The van der Waals surface area contributed by atoms with Gasteiger partial charge in [0, 0.05) is 23.9 Å². The zero-order valence-electron chi connectivity index (χ0n) is 10.4. The molecule has 1 heterocycles. The first-order valence-corrected chi connectivity index (χ1v) is 6.82. The van der Waals surface area contributed by atoms with E-state index in [0.29, 0.717) is 0 Å². The van der Waals surface area contributed by atoms with Crippen molar-refractivity contribution in [2.75, 3.05) is 0 Å². The summed E-state index contributed by atoms with van der Waals surface area (Å²) in [4.78, 5) is 15.7. The highest BCUT2D eigenvalue weighted by Crippen LogP contribution is 2.32. The Morgan fingerprint density at radius 2 is 1.65 bits per heavy atom. The second kappa shape index (κ2) is 5.22. The van der Waals surface area contributed by atoms with Crippen molar-refractivity contribution in [3.05, 3.63) is 70.9 Å². The van der Waals surface area contributed by atoms with Gasteiger partial charge in [0.15, 0.2) is 0 Å². The van der Waals surface area contributed by atoms with Crippen molar-refractivity contribution in [3.8, 4) is 21.0 Å². The lowest BCUT2D eigenvalue weighted by Crippen LogP contribution is -1.86. The minimum absolute atomic E-state index is 0.0913. The van der Waals surface area contributed by atoms with E-state index in [1.807, 2.05) is 36.5 Å². The predicted octanol–water partition coefficient (Wildman–Crippen LogP) is 4.39. The van der Waals surface area contributed by atoms with Crippen LogP contribution in [0.3, 0.4) is 0 Å². The first-order valence-electron chi connectivity index (χ1n) is 6.00. The Kier molecular flexibility index (Phi) is 3.26. The molecule has 0 aliphatic rings. The van der Waals surface area contributed by atoms with E-state index in [2.05, 4.69) is 4.98 Å². The lowest BCUT2D eigenvalue weighted by atomic mass is 10.2. The maximum absolute atomic E-state index is 10.6. The van der Waals surface area contributed by atoms with E-state index in [0.717, 1.165) is 21.0 Å². The second-order valence-corrected chi connectivity index (χ2v) is 5.23. The number of nitrogens with zero attached hydrogens (tertiary/aromatic N) is 2. The Hall–Kier alpha value is -2.53. The number of thiazole rings is 1. The van der Waals surface area contributed by atoms with Gasteiger partial charge in [0.2, 0.25) is 0 Å². The standard InChI is InChI=1S/C15H10N2O2S/c18-17(19)13-8-6-12(7-9-13)15-16-10-14(20-15)11-4-2-1-3-5-11/h1-10H. The number of hydrogen-bond donors (Lipinski definition) is 0. The molecule has 0 saturated carbocycles. The monoisotopic (exact) mass is 282 g/mol. The molecule has 98 valence electrons. The van der Waals surface area contributed by atoms with Gasteiger partial charge < -0.3 is 0 Å². The Labute approximate surface area is 119 Å². The average Bonchev–Trinajstić information content (AvgIpc) is 2.98. The Balaban J connectivity index is 1.92. The van der Waals surface area contributed by atoms with Crippen molar-refractivity contribution in [1.29, 1.82) is 0 Å². The third-order valence-electron chi connectivity index (χ3n) is 2.89. The number of nitro groups is 1. The summed E-state index contributed by atoms with van der Waals surface area (Å²) in [5.41, 5.74) is 2.11. The normalized spacial score (nSPS) is 10.4. The summed E-state index contributed by atoms with van der Waals surface area (Å²) in [5, 5.41) is 11.5. The van der Waals surface area contributed by atoms with Crippen LogP contribution in [0.4, 0.5) is 5.69 Å². The van der Waals surface area contributed by atoms with Crippen LogP contribution >= 0.6 is 11.3 Å². The fourth-order valence-electron chi connectivity index (χ4n) is 1.87. The van der Waals surface area contributed by atoms with Crippen LogP contribution in [-0.4, -0.2) is 9.91 Å². The van der Waals surface area contributed by atoms with E-state index in [9.17, 15) is 10.1 Å². The van der Waals surface area contributed by atoms with Gasteiger partial charge in [-0.3, -0.25) is 10.1 Å². The van der Waals surface area contributed by atoms with Gasteiger partial charge in [-0.1, -0.05) is 30.3 Å². The van der Waals surface area contributed by atoms with Gasteiger partial charge in [-0.05, 0) is 17.7 Å². The maximum Gasteiger partial charge on any atom is 0.269 e. The van der Waals surface area contributed by atoms with E-state index in [-0.39, 0.29) is 5.69 Å². The smallest absolute Gasteiger partial charge is 0.258 e. The molecule has 0 fully saturated rings. The van der Waals surface area contributed by atoms with E-state index in [4.69, 9.17) is 0 Å². The van der Waals surface area contributed by atoms with E-state index in [1.165, 1.54) is 12.1 Å². The van der Waals surface area contributed by atoms with E-state index >= 15 is 0 Å². The highest BCUT2D eigenvalue weighted by atomic mass is 32.1. The van der Waals surface area contributed by atoms with Crippen LogP contribution in [0.25, 0.3) is 21.0 Å². The number of benzene rings is 2. The molecule has 0 unspecified atom stereocenters. The van der Waals surface area contributed by atoms with Crippen LogP contribution in [-0.2, 0) is 0 Å². The van der Waals surface area contributed by atoms with Crippen LogP contribution in [0.2, 0.25) is 0 Å². The lowest BCUT2D eigenvalue weighted by Gasteiger charge is -1.96. The quantitative estimate of drug-likeness (QED) is 0.529. The fraction of sp³-hybridized carbons (Fsp3) is 0. The van der Waals surface area contributed by atoms with Crippen LogP contribution in [0.5, 0.6) is 0 Å². The zero-order valence-corrected chi connectivity index (χ0v) is 11.2. The first-order chi connectivity index (χ1) is 9.74. The van der Waals surface area contributed by atoms with Gasteiger partial charge in [-0.2, -0.15) is 0 Å². The number of nitro benzene ring substituents is 1. The molecule has 0 amide bonds. The van der Waals surface area contributed by atoms with Crippen molar-refractivity contribution < 1.29 is 4.92 Å². The largest absolute Gasteiger partial charge is 0.269 e. The molecule has 5 heteroatoms. The van der Waals surface area contributed by atoms with Crippen molar-refractivity contribution in [3.63, 3.8) is 0 Å². The molecule has 3 aromatic rings. The third kappa shape index (κ3) is 2.44. The van der Waals surface area contributed by atoms with Crippen LogP contribution in [0.15, 0.2) is 60.8 Å². The van der Waals surface area contributed by atoms with Gasteiger partial charge in [-0.25, -0.2) is 4.98 Å². The highest BCUT2D eigenvalue weighted by Gasteiger charge is 2.09. The number of aromatic nitrogens is 1. The first kappa shape index (κ1) is 12.5. The Bertz CT molecular complexity index is 736. The number of hydrogen-bond acceptors (Lipinski definition) is 4. The molecule has 0 aliphatic carbocycles. The molecule has 1 aromatic heterocycles. The fourth-order valence-corrected chi connectivity index (χ4v) is 2.80. The molecule has 0 aliphatic heterocycles. The van der Waals surface area contributed by atoms with Gasteiger partial charge >= 0.3 is 0 Å². The SMILES string of the molecule is O=[N+]([O-])c1ccc(-c2ncc(-c3ccccc3)s2)cc1. The molecule has 0 atom stereocenters. The lowest BCUT2D eigenvalue weighted by molar-refractivity contribution is -0.384. The van der Waals surface area contributed by atoms with Crippen LogP contribution < -0.4 is 0 Å². The molecule has 0 saturated heterocycles. The molecule has 0 bridgehead atoms. The minimum Gasteiger partial charge on any atom is -0.258 e. The van der Waals surface area contributed by atoms with Crippen molar-refractivity contribution >= 4 is 17.0 Å². The summed E-state index contributed by atoms with van der Waals surface area (Å²) in [6.07, 6.45) is 1.83. The zero-order chi connectivity index (χ0) is 13.9. The van der Waals surface area contributed by atoms with Gasteiger partial charge in [0.25, 0.3) is 5.69 Å². The summed E-state index contributed by atoms with van der Waals surface area (Å²) in [5.74, 6) is 0. The maximum atomic E-state index is 10.6. The highest BCUT2D eigenvalue weighted by molar-refractivity contribution is 7.18. The van der Waals surface area contributed by atoms with E-state index < -0.39 is 4.92 Å². The van der Waals surface area contributed by atoms with Gasteiger partial charge in [-0.15, -0.1) is 11.3 Å². The molecule has 0 spiro atoms. The van der Waals surface area contributed by atoms with Gasteiger partial charge in [0.05, 0.1) is 9.80 Å². The summed E-state index contributed by atoms with van der Waals surface area (Å²) in [6, 6.07) is 16.5. The minimum atomic E-state index is -0.402. The summed E-state index contributed by atoms with van der Waals surface area (Å²) in [6.45, 7) is 0. The topological polar surface area (TPSA) is 56.0 Å². The predicted molar refractivity (Wildman–Crippen MR) is 79.6 cm³/mol. The summed E-state index contributed by atoms with van der Waals surface area (Å²) in [7, 11) is 0. The second-order valence-electron chi connectivity index (χ2n) is 4.20. The third-order valence-corrected chi connectivity index (χ3v) is 3.98. The average molecular weight is 282 g/mol. The molecular weight excluding hydrogens is 272 g/mol. The number of rotatable bonds is 3. The van der Waals surface area contributed by atoms with Crippen molar-refractivity contribution in [2.45, 2.75) is 0 Å². The Morgan fingerprint density at radius 1 is 0.950 bits per heavy atom. The molecule has 3 rings (SSSR count). The molecular formula is C15H10N2O2S. The summed E-state index contributed by atoms with van der Waals surface area (Å²) >= 11 is 1.57.